The van der Waals surface area contributed by atoms with E-state index >= 15 is 0 Å². The Balaban J connectivity index is 0.00000703. The van der Waals surface area contributed by atoms with Gasteiger partial charge in [-0.15, -0.1) is 29.3 Å². The summed E-state index contributed by atoms with van der Waals surface area (Å²) in [6, 6.07) is 40.3. The molecule has 0 unspecified atom stereocenters. The van der Waals surface area contributed by atoms with Crippen molar-refractivity contribution in [3.8, 4) is 67.5 Å². The van der Waals surface area contributed by atoms with Crippen molar-refractivity contribution in [3.05, 3.63) is 167 Å². The van der Waals surface area contributed by atoms with Crippen LogP contribution in [0.1, 0.15) is 106 Å². The second-order valence-electron chi connectivity index (χ2n) is 17.0. The first-order chi connectivity index (χ1) is 31.8. The Kier molecular flexibility index (Phi) is 9.04. The molecule has 4 nitrogen and oxygen atoms in total. The molecule has 2 heterocycles. The largest absolute Gasteiger partial charge is 0.507 e. The minimum Gasteiger partial charge on any atom is -0.507 e. The van der Waals surface area contributed by atoms with E-state index in [1.54, 1.807) is 60.8 Å². The summed E-state index contributed by atoms with van der Waals surface area (Å²) in [6.07, 6.45) is 1.73. The van der Waals surface area contributed by atoms with Gasteiger partial charge in [-0.2, -0.15) is 0 Å². The quantitative estimate of drug-likeness (QED) is 0.154. The Morgan fingerprint density at radius 3 is 2.13 bits per heavy atom. The molecule has 0 fully saturated rings. The molecule has 0 saturated carbocycles. The van der Waals surface area contributed by atoms with E-state index in [0.717, 1.165) is 38.9 Å². The molecule has 0 spiro atoms. The molecule has 6 aromatic carbocycles. The number of hydrogen-bond donors (Lipinski definition) is 1. The zero-order chi connectivity index (χ0) is 49.2. The van der Waals surface area contributed by atoms with Crippen LogP contribution in [0.3, 0.4) is 0 Å². The Morgan fingerprint density at radius 1 is 0.683 bits per heavy atom. The predicted octanol–water partition coefficient (Wildman–Crippen LogP) is 14.7. The van der Waals surface area contributed by atoms with Gasteiger partial charge in [0.2, 0.25) is 0 Å². The number of aromatic nitrogens is 3. The first-order valence-corrected chi connectivity index (χ1v) is 20.1. The molecule has 0 saturated heterocycles. The number of aryl methyl sites for hydroxylation is 2. The molecular weight excluding hydrogens is 914 g/mol. The molecule has 306 valence electrons. The standard InChI is InChI=1S/C55H54N3O.Pt/c1-33(2)41-29-47(34(3)4)53(59)49(30-41)54-57-52-46(17-14-18-51(52)58(54)45-25-36(6)37(7)48(32-45)39-15-12-11-13-16-39)42-26-43(28-44(27-42)55(8,9)10)50-31-40(23-24-56-50)38-21-19-35(5)20-22-38;/h11-25,27-34,59H,1-10H3;/q-1;/i5D3,6D3,7D3;. The van der Waals surface area contributed by atoms with E-state index in [-0.39, 0.29) is 66.3 Å². The Labute approximate surface area is 383 Å². The molecule has 0 atom stereocenters. The van der Waals surface area contributed by atoms with Crippen molar-refractivity contribution in [3.63, 3.8) is 0 Å². The van der Waals surface area contributed by atoms with Gasteiger partial charge in [0.15, 0.2) is 0 Å². The summed E-state index contributed by atoms with van der Waals surface area (Å²) in [5.41, 5.74) is 9.34. The van der Waals surface area contributed by atoms with E-state index in [1.807, 2.05) is 66.9 Å². The summed E-state index contributed by atoms with van der Waals surface area (Å²) in [5, 5.41) is 12.3. The van der Waals surface area contributed by atoms with Crippen molar-refractivity contribution in [1.82, 2.24) is 14.5 Å². The third-order valence-corrected chi connectivity index (χ3v) is 11.1. The van der Waals surface area contributed by atoms with E-state index in [1.165, 1.54) is 6.07 Å². The minimum atomic E-state index is -2.82. The number of para-hydroxylation sites is 1. The van der Waals surface area contributed by atoms with Gasteiger partial charge in [-0.1, -0.05) is 144 Å². The summed E-state index contributed by atoms with van der Waals surface area (Å²) in [7, 11) is 0. The number of phenolic OH excluding ortho intramolecular Hbond substituents is 1. The fourth-order valence-electron chi connectivity index (χ4n) is 7.69. The zero-order valence-electron chi connectivity index (χ0n) is 43.9. The molecule has 8 aromatic rings. The van der Waals surface area contributed by atoms with Crippen molar-refractivity contribution >= 4 is 11.0 Å². The fraction of sp³-hybridized carbons (Fsp3) is 0.236. The Bertz CT molecular complexity index is 3180. The normalized spacial score (nSPS) is 14.6. The van der Waals surface area contributed by atoms with Crippen molar-refractivity contribution in [2.45, 2.75) is 86.3 Å². The fourth-order valence-corrected chi connectivity index (χ4v) is 7.69. The molecule has 5 heteroatoms. The van der Waals surface area contributed by atoms with Gasteiger partial charge in [0.1, 0.15) is 11.6 Å². The van der Waals surface area contributed by atoms with Crippen LogP contribution in [0.2, 0.25) is 0 Å². The van der Waals surface area contributed by atoms with Crippen molar-refractivity contribution < 1.29 is 38.5 Å². The van der Waals surface area contributed by atoms with Crippen LogP contribution in [0.15, 0.2) is 128 Å². The third kappa shape index (κ3) is 8.15. The van der Waals surface area contributed by atoms with Crippen LogP contribution in [0.5, 0.6) is 5.75 Å². The number of rotatable bonds is 8. The second-order valence-corrected chi connectivity index (χ2v) is 17.0. The molecule has 0 radical (unpaired) electrons. The number of pyridine rings is 1. The zero-order valence-corrected chi connectivity index (χ0v) is 37.2. The third-order valence-electron chi connectivity index (χ3n) is 11.1. The van der Waals surface area contributed by atoms with Crippen LogP contribution in [0.25, 0.3) is 72.7 Å². The van der Waals surface area contributed by atoms with Crippen LogP contribution in [-0.2, 0) is 26.5 Å². The summed E-state index contributed by atoms with van der Waals surface area (Å²) >= 11 is 0. The smallest absolute Gasteiger partial charge is 0.148 e. The van der Waals surface area contributed by atoms with Gasteiger partial charge in [0, 0.05) is 51.0 Å². The summed E-state index contributed by atoms with van der Waals surface area (Å²) in [5.74, 6) is 0.417. The Morgan fingerprint density at radius 2 is 1.45 bits per heavy atom. The molecule has 0 amide bonds. The van der Waals surface area contributed by atoms with E-state index in [0.29, 0.717) is 44.9 Å². The summed E-state index contributed by atoms with van der Waals surface area (Å²) in [4.78, 5) is 10.2. The van der Waals surface area contributed by atoms with Gasteiger partial charge in [-0.3, -0.25) is 9.55 Å². The van der Waals surface area contributed by atoms with Gasteiger partial charge in [-0.05, 0) is 113 Å². The summed E-state index contributed by atoms with van der Waals surface area (Å²) < 4.78 is 77.4. The molecule has 0 aliphatic carbocycles. The molecule has 0 bridgehead atoms. The van der Waals surface area contributed by atoms with Crippen LogP contribution in [-0.4, -0.2) is 19.6 Å². The SMILES string of the molecule is [2H]C([2H])([2H])c1ccc(-c2ccnc(-c3[c-]c(-c4cccc5c4nc(-c4cc(C(C)C)cc(C(C)C)c4O)n5-c4cc(-c5ccccc5)c(C([2H])([2H])[2H])c(C([2H])([2H])[2H])c4)cc(C(C)(C)C)c3)c2)cc1.[Pt]. The molecule has 0 aliphatic heterocycles. The second kappa shape index (κ2) is 16.8. The van der Waals surface area contributed by atoms with Crippen molar-refractivity contribution in [2.75, 3.05) is 0 Å². The van der Waals surface area contributed by atoms with Gasteiger partial charge in [0.05, 0.1) is 16.6 Å². The first kappa shape index (κ1) is 32.2. The molecular formula is C55H54N3OPt-. The summed E-state index contributed by atoms with van der Waals surface area (Å²) in [6.45, 7) is 6.78. The van der Waals surface area contributed by atoms with E-state index in [9.17, 15) is 5.11 Å². The van der Waals surface area contributed by atoms with Crippen molar-refractivity contribution in [1.29, 1.82) is 0 Å². The molecule has 0 aliphatic rings. The van der Waals surface area contributed by atoms with Gasteiger partial charge < -0.3 is 5.11 Å². The van der Waals surface area contributed by atoms with E-state index in [2.05, 4.69) is 52.8 Å². The molecule has 1 N–H and O–H groups in total. The monoisotopic (exact) mass is 976 g/mol. The van der Waals surface area contributed by atoms with Crippen molar-refractivity contribution in [2.24, 2.45) is 0 Å². The number of aromatic hydroxyl groups is 1. The molecule has 60 heavy (non-hydrogen) atoms. The maximum absolute atomic E-state index is 12.3. The maximum Gasteiger partial charge on any atom is 0.148 e. The number of nitrogens with zero attached hydrogens (tertiary/aromatic N) is 3. The topological polar surface area (TPSA) is 50.9 Å². The molecule has 2 aromatic heterocycles. The van der Waals surface area contributed by atoms with E-state index < -0.39 is 20.6 Å². The van der Waals surface area contributed by atoms with Crippen LogP contribution < -0.4 is 0 Å². The van der Waals surface area contributed by atoms with Crippen LogP contribution in [0.4, 0.5) is 0 Å². The first-order valence-electron chi connectivity index (χ1n) is 24.6. The average molecular weight is 977 g/mol. The number of imidazole rings is 1. The number of benzene rings is 6. The van der Waals surface area contributed by atoms with Gasteiger partial charge in [0.25, 0.3) is 0 Å². The van der Waals surface area contributed by atoms with Gasteiger partial charge in [-0.25, -0.2) is 4.98 Å². The minimum absolute atomic E-state index is 0. The van der Waals surface area contributed by atoms with Gasteiger partial charge >= 0.3 is 0 Å². The average Bonchev–Trinajstić information content (AvgIpc) is 3.67. The number of hydrogen-bond acceptors (Lipinski definition) is 3. The predicted molar refractivity (Wildman–Crippen MR) is 248 cm³/mol. The van der Waals surface area contributed by atoms with Crippen LogP contribution in [0, 0.1) is 26.6 Å². The van der Waals surface area contributed by atoms with Crippen LogP contribution >= 0.6 is 0 Å². The molecule has 8 rings (SSSR count). The van der Waals surface area contributed by atoms with E-state index in [4.69, 9.17) is 22.3 Å². The number of fused-ring (bicyclic) bond motifs is 1. The number of phenols is 1. The Hall–Kier alpha value is -5.57. The maximum atomic E-state index is 12.3.